The first-order chi connectivity index (χ1) is 14.5. The lowest BCUT2D eigenvalue weighted by atomic mass is 10.2. The molecule has 0 saturated carbocycles. The molecule has 4 aromatic rings. The Hall–Kier alpha value is -3.45. The minimum atomic E-state index is -0.450. The van der Waals surface area contributed by atoms with Crippen molar-refractivity contribution < 1.29 is 9.21 Å². The third-order valence-corrected chi connectivity index (χ3v) is 4.92. The van der Waals surface area contributed by atoms with Gasteiger partial charge in [0.2, 0.25) is 0 Å². The number of benzene rings is 2. The lowest BCUT2D eigenvalue weighted by molar-refractivity contribution is 0.0707. The maximum absolute atomic E-state index is 13.1. The summed E-state index contributed by atoms with van der Waals surface area (Å²) in [4.78, 5) is 46.5. The zero-order valence-corrected chi connectivity index (χ0v) is 16.9. The van der Waals surface area contributed by atoms with Gasteiger partial charge in [0.1, 0.15) is 11.4 Å². The van der Waals surface area contributed by atoms with Gasteiger partial charge in [-0.15, -0.1) is 0 Å². The highest BCUT2D eigenvalue weighted by molar-refractivity contribution is 6.31. The quantitative estimate of drug-likeness (QED) is 0.527. The standard InChI is InChI=1S/C22H18ClN3O4/c1-2-9-26(12-20-24-16-10-13(23)7-8-14(16)21(28)25-20)22(29)19-11-17(27)15-5-3-4-6-18(15)30-19/h3-8,10-11H,2,9,12H2,1H3,(H,24,25,28). The fraction of sp³-hybridized carbons (Fsp3) is 0.182. The minimum absolute atomic E-state index is 0.0565. The third kappa shape index (κ3) is 3.84. The van der Waals surface area contributed by atoms with Crippen molar-refractivity contribution in [1.29, 1.82) is 0 Å². The number of nitrogens with one attached hydrogen (secondary N) is 1. The fourth-order valence-corrected chi connectivity index (χ4v) is 3.47. The van der Waals surface area contributed by atoms with Crippen LogP contribution in [0.1, 0.15) is 29.7 Å². The molecule has 4 rings (SSSR count). The van der Waals surface area contributed by atoms with E-state index in [2.05, 4.69) is 9.97 Å². The Kier molecular flexibility index (Phi) is 5.37. The van der Waals surface area contributed by atoms with Crippen LogP contribution in [0.4, 0.5) is 0 Å². The van der Waals surface area contributed by atoms with Gasteiger partial charge in [-0.1, -0.05) is 30.7 Å². The molecule has 2 heterocycles. The lowest BCUT2D eigenvalue weighted by Gasteiger charge is -2.21. The van der Waals surface area contributed by atoms with Gasteiger partial charge in [-0.3, -0.25) is 14.4 Å². The molecule has 0 fully saturated rings. The smallest absolute Gasteiger partial charge is 0.290 e. The molecule has 152 valence electrons. The van der Waals surface area contributed by atoms with E-state index in [4.69, 9.17) is 16.0 Å². The summed E-state index contributed by atoms with van der Waals surface area (Å²) in [5.41, 5.74) is 0.190. The number of rotatable bonds is 5. The molecule has 0 radical (unpaired) electrons. The van der Waals surface area contributed by atoms with E-state index in [-0.39, 0.29) is 23.3 Å². The Balaban J connectivity index is 1.71. The average Bonchev–Trinajstić information content (AvgIpc) is 2.72. The highest BCUT2D eigenvalue weighted by Crippen LogP contribution is 2.17. The zero-order valence-electron chi connectivity index (χ0n) is 16.1. The normalized spacial score (nSPS) is 11.1. The largest absolute Gasteiger partial charge is 0.451 e. The molecule has 2 aromatic heterocycles. The van der Waals surface area contributed by atoms with E-state index < -0.39 is 5.91 Å². The fourth-order valence-electron chi connectivity index (χ4n) is 3.30. The average molecular weight is 424 g/mol. The molecule has 2 aromatic carbocycles. The number of aromatic nitrogens is 2. The second kappa shape index (κ2) is 8.12. The number of hydrogen-bond acceptors (Lipinski definition) is 5. The van der Waals surface area contributed by atoms with Crippen LogP contribution in [0.3, 0.4) is 0 Å². The second-order valence-corrected chi connectivity index (χ2v) is 7.31. The summed E-state index contributed by atoms with van der Waals surface area (Å²) in [7, 11) is 0. The third-order valence-electron chi connectivity index (χ3n) is 4.68. The van der Waals surface area contributed by atoms with Crippen molar-refractivity contribution >= 4 is 39.4 Å². The van der Waals surface area contributed by atoms with E-state index in [0.29, 0.717) is 45.7 Å². The monoisotopic (exact) mass is 423 g/mol. The number of fused-ring (bicyclic) bond motifs is 2. The van der Waals surface area contributed by atoms with Crippen LogP contribution in [-0.2, 0) is 6.54 Å². The molecule has 0 aliphatic carbocycles. The number of para-hydroxylation sites is 1. The van der Waals surface area contributed by atoms with Gasteiger partial charge in [-0.05, 0) is 36.8 Å². The van der Waals surface area contributed by atoms with Crippen molar-refractivity contribution in [2.75, 3.05) is 6.54 Å². The predicted molar refractivity (Wildman–Crippen MR) is 115 cm³/mol. The minimum Gasteiger partial charge on any atom is -0.451 e. The van der Waals surface area contributed by atoms with Crippen molar-refractivity contribution in [3.63, 3.8) is 0 Å². The van der Waals surface area contributed by atoms with Crippen LogP contribution in [0.2, 0.25) is 5.02 Å². The number of nitrogens with zero attached hydrogens (tertiary/aromatic N) is 2. The summed E-state index contributed by atoms with van der Waals surface area (Å²) in [5, 5.41) is 1.29. The summed E-state index contributed by atoms with van der Waals surface area (Å²) in [6, 6.07) is 12.8. The molecule has 8 heteroatoms. The van der Waals surface area contributed by atoms with E-state index in [9.17, 15) is 14.4 Å². The Morgan fingerprint density at radius 3 is 2.73 bits per heavy atom. The number of amides is 1. The van der Waals surface area contributed by atoms with Crippen LogP contribution < -0.4 is 11.0 Å². The van der Waals surface area contributed by atoms with Crippen molar-refractivity contribution in [3.8, 4) is 0 Å². The van der Waals surface area contributed by atoms with E-state index >= 15 is 0 Å². The Bertz CT molecular complexity index is 1380. The van der Waals surface area contributed by atoms with Gasteiger partial charge in [-0.2, -0.15) is 0 Å². The van der Waals surface area contributed by atoms with E-state index in [1.54, 1.807) is 42.5 Å². The van der Waals surface area contributed by atoms with Gasteiger partial charge >= 0.3 is 0 Å². The predicted octanol–water partition coefficient (Wildman–Crippen LogP) is 3.74. The van der Waals surface area contributed by atoms with Crippen LogP contribution in [0.25, 0.3) is 21.9 Å². The number of carbonyl (C=O) groups is 1. The van der Waals surface area contributed by atoms with Gasteiger partial charge in [0.05, 0.1) is 22.8 Å². The van der Waals surface area contributed by atoms with Gasteiger partial charge in [-0.25, -0.2) is 4.98 Å². The highest BCUT2D eigenvalue weighted by Gasteiger charge is 2.21. The topological polar surface area (TPSA) is 96.3 Å². The summed E-state index contributed by atoms with van der Waals surface area (Å²) in [6.45, 7) is 2.38. The molecule has 0 unspecified atom stereocenters. The van der Waals surface area contributed by atoms with Crippen molar-refractivity contribution in [2.45, 2.75) is 19.9 Å². The maximum Gasteiger partial charge on any atom is 0.290 e. The highest BCUT2D eigenvalue weighted by atomic mass is 35.5. The summed E-state index contributed by atoms with van der Waals surface area (Å²) in [6.07, 6.45) is 0.674. The molecule has 7 nitrogen and oxygen atoms in total. The molecule has 0 bridgehead atoms. The molecule has 0 spiro atoms. The number of H-pyrrole nitrogens is 1. The first kappa shape index (κ1) is 19.8. The van der Waals surface area contributed by atoms with Crippen LogP contribution in [0.5, 0.6) is 0 Å². The molecular formula is C22H18ClN3O4. The van der Waals surface area contributed by atoms with Crippen LogP contribution in [0, 0.1) is 0 Å². The molecule has 0 aliphatic rings. The molecule has 1 amide bonds. The molecular weight excluding hydrogens is 406 g/mol. The maximum atomic E-state index is 13.1. The zero-order chi connectivity index (χ0) is 21.3. The van der Waals surface area contributed by atoms with Crippen LogP contribution in [0.15, 0.2) is 62.5 Å². The molecule has 0 atom stereocenters. The summed E-state index contributed by atoms with van der Waals surface area (Å²) < 4.78 is 5.68. The van der Waals surface area contributed by atoms with E-state index in [1.807, 2.05) is 6.92 Å². The molecule has 1 N–H and O–H groups in total. The Morgan fingerprint density at radius 1 is 1.13 bits per heavy atom. The molecule has 30 heavy (non-hydrogen) atoms. The number of aromatic amines is 1. The van der Waals surface area contributed by atoms with E-state index in [0.717, 1.165) is 0 Å². The van der Waals surface area contributed by atoms with Gasteiger partial charge in [0.15, 0.2) is 11.2 Å². The van der Waals surface area contributed by atoms with Crippen molar-refractivity contribution in [2.24, 2.45) is 0 Å². The van der Waals surface area contributed by atoms with Crippen molar-refractivity contribution in [1.82, 2.24) is 14.9 Å². The Labute approximate surface area is 175 Å². The summed E-state index contributed by atoms with van der Waals surface area (Å²) in [5.74, 6) is -0.188. The lowest BCUT2D eigenvalue weighted by Crippen LogP contribution is -2.33. The first-order valence-corrected chi connectivity index (χ1v) is 9.84. The second-order valence-electron chi connectivity index (χ2n) is 6.87. The first-order valence-electron chi connectivity index (χ1n) is 9.47. The van der Waals surface area contributed by atoms with Gasteiger partial charge < -0.3 is 14.3 Å². The van der Waals surface area contributed by atoms with Crippen LogP contribution >= 0.6 is 11.6 Å². The molecule has 0 aliphatic heterocycles. The van der Waals surface area contributed by atoms with Crippen LogP contribution in [-0.4, -0.2) is 27.3 Å². The van der Waals surface area contributed by atoms with E-state index in [1.165, 1.54) is 11.0 Å². The molecule has 0 saturated heterocycles. The number of hydrogen-bond donors (Lipinski definition) is 1. The number of halogens is 1. The van der Waals surface area contributed by atoms with Gasteiger partial charge in [0.25, 0.3) is 11.5 Å². The van der Waals surface area contributed by atoms with Crippen molar-refractivity contribution in [3.05, 3.63) is 85.7 Å². The number of carbonyl (C=O) groups excluding carboxylic acids is 1. The summed E-state index contributed by atoms with van der Waals surface area (Å²) >= 11 is 6.01. The van der Waals surface area contributed by atoms with Gasteiger partial charge in [0, 0.05) is 17.6 Å². The SMILES string of the molecule is CCCN(Cc1nc2cc(Cl)ccc2c(=O)[nH]1)C(=O)c1cc(=O)c2ccccc2o1. The Morgan fingerprint density at radius 2 is 1.93 bits per heavy atom.